The van der Waals surface area contributed by atoms with Crippen molar-refractivity contribution in [2.45, 2.75) is 25.4 Å². The van der Waals surface area contributed by atoms with Crippen LogP contribution in [0.2, 0.25) is 0 Å². The predicted octanol–water partition coefficient (Wildman–Crippen LogP) is 1.63. The van der Waals surface area contributed by atoms with Gasteiger partial charge in [-0.05, 0) is 19.4 Å². The molecule has 0 aromatic heterocycles. The van der Waals surface area contributed by atoms with E-state index in [1.165, 1.54) is 12.1 Å². The van der Waals surface area contributed by atoms with Crippen LogP contribution in [0.15, 0.2) is 18.2 Å². The van der Waals surface area contributed by atoms with E-state index in [4.69, 9.17) is 0 Å². The van der Waals surface area contributed by atoms with Crippen molar-refractivity contribution in [3.8, 4) is 0 Å². The zero-order valence-corrected chi connectivity index (χ0v) is 10.9. The van der Waals surface area contributed by atoms with Gasteiger partial charge in [0.2, 0.25) is 0 Å². The maximum absolute atomic E-state index is 13.4. The molecule has 0 aliphatic carbocycles. The highest BCUT2D eigenvalue weighted by Gasteiger charge is 2.37. The molecule has 0 saturated carbocycles. The third-order valence-corrected chi connectivity index (χ3v) is 5.14. The van der Waals surface area contributed by atoms with Crippen LogP contribution in [0.4, 0.5) is 8.78 Å². The van der Waals surface area contributed by atoms with E-state index < -0.39 is 27.0 Å². The van der Waals surface area contributed by atoms with Crippen molar-refractivity contribution >= 4 is 9.84 Å². The molecule has 0 amide bonds. The molecule has 2 rings (SSSR count). The van der Waals surface area contributed by atoms with E-state index >= 15 is 0 Å². The maximum Gasteiger partial charge on any atom is 0.163 e. The van der Waals surface area contributed by atoms with Gasteiger partial charge in [0.25, 0.3) is 0 Å². The normalized spacial score (nSPS) is 26.4. The second kappa shape index (κ2) is 4.59. The molecule has 6 heteroatoms. The van der Waals surface area contributed by atoms with Crippen LogP contribution in [0, 0.1) is 11.6 Å². The van der Waals surface area contributed by atoms with Crippen molar-refractivity contribution in [1.29, 1.82) is 0 Å². The zero-order chi connectivity index (χ0) is 13.4. The van der Waals surface area contributed by atoms with Gasteiger partial charge in [0.1, 0.15) is 0 Å². The monoisotopic (exact) mass is 275 g/mol. The first-order valence-electron chi connectivity index (χ1n) is 5.70. The molecular weight excluding hydrogens is 260 g/mol. The molecule has 1 N–H and O–H groups in total. The Morgan fingerprint density at radius 2 is 2.11 bits per heavy atom. The number of halogens is 2. The lowest BCUT2D eigenvalue weighted by molar-refractivity contribution is 0.388. The third kappa shape index (κ3) is 2.87. The largest absolute Gasteiger partial charge is 0.306 e. The number of hydrogen-bond donors (Lipinski definition) is 1. The molecule has 0 bridgehead atoms. The Hall–Kier alpha value is -1.01. The minimum atomic E-state index is -3.01. The van der Waals surface area contributed by atoms with E-state index in [0.717, 1.165) is 6.07 Å². The van der Waals surface area contributed by atoms with Crippen molar-refractivity contribution in [2.75, 3.05) is 11.5 Å². The Balaban J connectivity index is 2.06. The minimum absolute atomic E-state index is 0.0386. The second-order valence-corrected chi connectivity index (χ2v) is 7.15. The van der Waals surface area contributed by atoms with Gasteiger partial charge in [0, 0.05) is 17.6 Å². The highest BCUT2D eigenvalue weighted by Crippen LogP contribution is 2.23. The Kier molecular flexibility index (Phi) is 3.42. The summed E-state index contributed by atoms with van der Waals surface area (Å²) in [5.74, 6) is -1.59. The van der Waals surface area contributed by atoms with E-state index in [1.54, 1.807) is 6.92 Å². The van der Waals surface area contributed by atoms with Crippen LogP contribution in [0.1, 0.15) is 18.9 Å². The maximum atomic E-state index is 13.4. The first-order chi connectivity index (χ1) is 8.31. The molecule has 100 valence electrons. The molecule has 1 heterocycles. The van der Waals surface area contributed by atoms with E-state index in [2.05, 4.69) is 5.32 Å². The van der Waals surface area contributed by atoms with E-state index in [1.807, 2.05) is 0 Å². The van der Waals surface area contributed by atoms with E-state index in [-0.39, 0.29) is 23.6 Å². The van der Waals surface area contributed by atoms with Crippen molar-refractivity contribution in [1.82, 2.24) is 5.32 Å². The Morgan fingerprint density at radius 3 is 2.72 bits per heavy atom. The molecule has 0 spiro atoms. The second-order valence-electron chi connectivity index (χ2n) is 4.97. The van der Waals surface area contributed by atoms with Gasteiger partial charge >= 0.3 is 0 Å². The van der Waals surface area contributed by atoms with Gasteiger partial charge in [0.05, 0.1) is 11.5 Å². The average molecular weight is 275 g/mol. The van der Waals surface area contributed by atoms with Crippen LogP contribution < -0.4 is 5.32 Å². The molecule has 1 aliphatic heterocycles. The lowest BCUT2D eigenvalue weighted by Gasteiger charge is -2.24. The van der Waals surface area contributed by atoms with Crippen molar-refractivity contribution < 1.29 is 17.2 Å². The topological polar surface area (TPSA) is 46.2 Å². The van der Waals surface area contributed by atoms with Gasteiger partial charge in [-0.3, -0.25) is 0 Å². The highest BCUT2D eigenvalue weighted by atomic mass is 32.2. The molecule has 1 aromatic carbocycles. The molecule has 18 heavy (non-hydrogen) atoms. The summed E-state index contributed by atoms with van der Waals surface area (Å²) in [5, 5.41) is 3.01. The fraction of sp³-hybridized carbons (Fsp3) is 0.500. The van der Waals surface area contributed by atoms with Gasteiger partial charge in [-0.2, -0.15) is 0 Å². The highest BCUT2D eigenvalue weighted by molar-refractivity contribution is 7.91. The van der Waals surface area contributed by atoms with Crippen LogP contribution in [0.5, 0.6) is 0 Å². The summed E-state index contributed by atoms with van der Waals surface area (Å²) in [7, 11) is -3.01. The number of sulfone groups is 1. The van der Waals surface area contributed by atoms with Gasteiger partial charge in [-0.25, -0.2) is 17.2 Å². The summed E-state index contributed by atoms with van der Waals surface area (Å²) in [6.07, 6.45) is 0.492. The lowest BCUT2D eigenvalue weighted by atomic mass is 10.0. The van der Waals surface area contributed by atoms with Crippen LogP contribution >= 0.6 is 0 Å². The third-order valence-electron chi connectivity index (χ3n) is 3.24. The van der Waals surface area contributed by atoms with Gasteiger partial charge < -0.3 is 5.32 Å². The fourth-order valence-corrected chi connectivity index (χ4v) is 4.27. The summed E-state index contributed by atoms with van der Waals surface area (Å²) < 4.78 is 49.2. The number of nitrogens with one attached hydrogen (secondary N) is 1. The van der Waals surface area contributed by atoms with Gasteiger partial charge in [-0.1, -0.05) is 12.1 Å². The standard InChI is InChI=1S/C12H15F2NO2S/c1-12(5-6-18(16,17)8-12)15-7-9-3-2-4-10(13)11(9)14/h2-4,15H,5-8H2,1H3. The Morgan fingerprint density at radius 1 is 1.39 bits per heavy atom. The van der Waals surface area contributed by atoms with Crippen LogP contribution in [0.3, 0.4) is 0 Å². The van der Waals surface area contributed by atoms with Crippen LogP contribution in [-0.4, -0.2) is 25.5 Å². The first-order valence-corrected chi connectivity index (χ1v) is 7.52. The summed E-state index contributed by atoms with van der Waals surface area (Å²) in [4.78, 5) is 0. The molecule has 1 saturated heterocycles. The van der Waals surface area contributed by atoms with E-state index in [9.17, 15) is 17.2 Å². The predicted molar refractivity (Wildman–Crippen MR) is 64.9 cm³/mol. The summed E-state index contributed by atoms with van der Waals surface area (Å²) in [5.41, 5.74) is -0.349. The molecular formula is C12H15F2NO2S. The van der Waals surface area contributed by atoms with Crippen LogP contribution in [-0.2, 0) is 16.4 Å². The SMILES string of the molecule is CC1(NCc2cccc(F)c2F)CCS(=O)(=O)C1. The molecule has 1 aliphatic rings. The molecule has 0 radical (unpaired) electrons. The smallest absolute Gasteiger partial charge is 0.163 e. The Labute approximate surface area is 105 Å². The number of hydrogen-bond acceptors (Lipinski definition) is 3. The minimum Gasteiger partial charge on any atom is -0.306 e. The average Bonchev–Trinajstić information content (AvgIpc) is 2.56. The van der Waals surface area contributed by atoms with E-state index in [0.29, 0.717) is 6.42 Å². The molecule has 1 atom stereocenters. The Bertz CT molecular complexity index is 559. The molecule has 1 aromatic rings. The molecule has 3 nitrogen and oxygen atoms in total. The molecule has 1 fully saturated rings. The van der Waals surface area contributed by atoms with Crippen molar-refractivity contribution in [3.63, 3.8) is 0 Å². The van der Waals surface area contributed by atoms with Crippen molar-refractivity contribution in [3.05, 3.63) is 35.4 Å². The first kappa shape index (κ1) is 13.4. The zero-order valence-electron chi connectivity index (χ0n) is 10.0. The quantitative estimate of drug-likeness (QED) is 0.912. The summed E-state index contributed by atoms with van der Waals surface area (Å²) in [6, 6.07) is 3.97. The van der Waals surface area contributed by atoms with Crippen LogP contribution in [0.25, 0.3) is 0 Å². The summed E-state index contributed by atoms with van der Waals surface area (Å²) >= 11 is 0. The van der Waals surface area contributed by atoms with Gasteiger partial charge in [-0.15, -0.1) is 0 Å². The number of benzene rings is 1. The lowest BCUT2D eigenvalue weighted by Crippen LogP contribution is -2.43. The fourth-order valence-electron chi connectivity index (χ4n) is 2.14. The number of rotatable bonds is 3. The summed E-state index contributed by atoms with van der Waals surface area (Å²) in [6.45, 7) is 1.91. The van der Waals surface area contributed by atoms with Gasteiger partial charge in [0.15, 0.2) is 21.5 Å². The molecule has 1 unspecified atom stereocenters. The van der Waals surface area contributed by atoms with Crippen molar-refractivity contribution in [2.24, 2.45) is 0 Å².